The van der Waals surface area contributed by atoms with Gasteiger partial charge in [0, 0.05) is 32.0 Å². The van der Waals surface area contributed by atoms with Crippen molar-refractivity contribution in [3.05, 3.63) is 10.1 Å². The Hall–Kier alpha value is -2.85. The Morgan fingerprint density at radius 3 is 2.56 bits per heavy atom. The van der Waals surface area contributed by atoms with Crippen molar-refractivity contribution in [1.29, 1.82) is 5.41 Å². The van der Waals surface area contributed by atoms with Gasteiger partial charge in [0.2, 0.25) is 21.8 Å². The van der Waals surface area contributed by atoms with Crippen LogP contribution in [0.15, 0.2) is 0 Å². The molecule has 1 heterocycles. The van der Waals surface area contributed by atoms with Crippen LogP contribution in [0, 0.1) is 32.3 Å². The van der Waals surface area contributed by atoms with Crippen LogP contribution in [0.2, 0.25) is 0 Å². The van der Waals surface area contributed by atoms with Gasteiger partial charge >= 0.3 is 0 Å². The molecule has 0 aromatic rings. The third-order valence-electron chi connectivity index (χ3n) is 8.56. The summed E-state index contributed by atoms with van der Waals surface area (Å²) in [6.07, 6.45) is 1.91. The van der Waals surface area contributed by atoms with Gasteiger partial charge in [-0.2, -0.15) is 0 Å². The number of nitro groups is 1. The molecule has 15 nitrogen and oxygen atoms in total. The number of amides is 2. The van der Waals surface area contributed by atoms with Gasteiger partial charge in [-0.05, 0) is 43.9 Å². The molecule has 2 saturated carbocycles. The zero-order chi connectivity index (χ0) is 29.2. The average Bonchev–Trinajstić information content (AvgIpc) is 3.17. The van der Waals surface area contributed by atoms with E-state index >= 15 is 0 Å². The minimum absolute atomic E-state index is 0.0369. The molecular weight excluding hydrogens is 534 g/mol. The molecule has 16 heteroatoms. The lowest BCUT2D eigenvalue weighted by Gasteiger charge is -2.41. The number of hydrogen-bond donors (Lipinski definition) is 4. The van der Waals surface area contributed by atoms with E-state index in [9.17, 15) is 32.9 Å². The van der Waals surface area contributed by atoms with Crippen LogP contribution in [0.25, 0.3) is 0 Å². The second kappa shape index (κ2) is 11.7. The molecule has 2 aliphatic carbocycles. The fourth-order valence-corrected chi connectivity index (χ4v) is 8.00. The second-order valence-electron chi connectivity index (χ2n) is 11.1. The average molecular weight is 574 g/mol. The number of ether oxygens (including phenoxy) is 1. The van der Waals surface area contributed by atoms with E-state index in [1.54, 1.807) is 12.3 Å². The van der Waals surface area contributed by atoms with Crippen molar-refractivity contribution >= 4 is 33.6 Å². The van der Waals surface area contributed by atoms with Crippen LogP contribution in [0.4, 0.5) is 0 Å². The normalized spacial score (nSPS) is 27.7. The van der Waals surface area contributed by atoms with Crippen LogP contribution < -0.4 is 15.5 Å². The molecule has 4 unspecified atom stereocenters. The molecule has 2 bridgehead atoms. The number of likely N-dealkylation sites (tertiary alicyclic amines) is 1. The van der Waals surface area contributed by atoms with Crippen molar-refractivity contribution < 1.29 is 32.6 Å². The lowest BCUT2D eigenvalue weighted by Crippen LogP contribution is -2.61. The number of likely N-dealkylation sites (N-methyl/N-ethyl adjacent to an activating group) is 1. The van der Waals surface area contributed by atoms with E-state index in [2.05, 4.69) is 10.0 Å². The quantitative estimate of drug-likeness (QED) is 0.107. The summed E-state index contributed by atoms with van der Waals surface area (Å²) in [5.74, 6) is -1.86. The number of Topliss-reactive ketones (excluding diaryl/α,β-unsaturated/α-hetero) is 1. The number of nitrogens with one attached hydrogen (secondary N) is 4. The van der Waals surface area contributed by atoms with Crippen molar-refractivity contribution in [2.75, 3.05) is 39.0 Å². The fraction of sp³-hybridized carbons (Fsp3) is 0.826. The highest BCUT2D eigenvalue weighted by Crippen LogP contribution is 2.64. The monoisotopic (exact) mass is 573 g/mol. The van der Waals surface area contributed by atoms with Gasteiger partial charge in [-0.1, -0.05) is 19.3 Å². The van der Waals surface area contributed by atoms with E-state index in [-0.39, 0.29) is 30.6 Å². The highest BCUT2D eigenvalue weighted by atomic mass is 32.2. The molecular formula is C23H39N7O8S. The Balaban J connectivity index is 1.53. The molecule has 0 radical (unpaired) electrons. The highest BCUT2D eigenvalue weighted by Gasteiger charge is 2.65. The Morgan fingerprint density at radius 1 is 1.31 bits per heavy atom. The van der Waals surface area contributed by atoms with Crippen molar-refractivity contribution in [1.82, 2.24) is 25.3 Å². The fourth-order valence-electron chi connectivity index (χ4n) is 6.22. The van der Waals surface area contributed by atoms with E-state index in [0.717, 1.165) is 11.3 Å². The Morgan fingerprint density at radius 2 is 2.00 bits per heavy atom. The van der Waals surface area contributed by atoms with Gasteiger partial charge in [-0.15, -0.1) is 0 Å². The van der Waals surface area contributed by atoms with Crippen molar-refractivity contribution in [2.24, 2.45) is 16.7 Å². The number of hydrogen-bond acceptors (Lipinski definition) is 9. The van der Waals surface area contributed by atoms with Gasteiger partial charge in [0.25, 0.3) is 5.96 Å². The number of piperidine rings is 1. The number of guanidine groups is 1. The molecule has 1 aliphatic heterocycles. The topological polar surface area (TPSA) is 204 Å². The van der Waals surface area contributed by atoms with Gasteiger partial charge < -0.3 is 19.9 Å². The second-order valence-corrected chi connectivity index (χ2v) is 12.9. The zero-order valence-electron chi connectivity index (χ0n) is 22.8. The SMILES string of the molecule is CCOC1C(NC(=O)CN(C)C(=O)CNS(=O)(=O)CC23CCC(CC2=O)C3(C)C)CCCN1C(=N)N[N+](=O)[O-]. The van der Waals surface area contributed by atoms with Crippen LogP contribution >= 0.6 is 0 Å². The van der Waals surface area contributed by atoms with Crippen molar-refractivity contribution in [3.63, 3.8) is 0 Å². The number of carbonyl (C=O) groups is 3. The predicted molar refractivity (Wildman–Crippen MR) is 139 cm³/mol. The summed E-state index contributed by atoms with van der Waals surface area (Å²) >= 11 is 0. The van der Waals surface area contributed by atoms with Crippen LogP contribution in [-0.4, -0.2) is 98.1 Å². The standard InChI is InChI=1S/C23H39N7O8S/c1-5-38-20-16(7-6-10-29(20)21(24)27-30(34)35)26-18(32)13-28(4)19(33)12-25-39(36,37)14-23-9-8-15(11-17(23)31)22(23,2)3/h15-16,20,25H,5-14H2,1-4H3,(H2,24,27)(H,26,32). The minimum Gasteiger partial charge on any atom is -0.356 e. The molecule has 3 aliphatic rings. The summed E-state index contributed by atoms with van der Waals surface area (Å²) in [6.45, 7) is 5.23. The third-order valence-corrected chi connectivity index (χ3v) is 10.0. The Labute approximate surface area is 228 Å². The molecule has 4 N–H and O–H groups in total. The first kappa shape index (κ1) is 30.7. The number of carbonyl (C=O) groups excluding carboxylic acids is 3. The first-order chi connectivity index (χ1) is 18.1. The summed E-state index contributed by atoms with van der Waals surface area (Å²) in [5, 5.41) is 20.6. The van der Waals surface area contributed by atoms with Gasteiger partial charge in [-0.3, -0.25) is 19.8 Å². The van der Waals surface area contributed by atoms with Crippen LogP contribution in [0.5, 0.6) is 0 Å². The molecule has 3 fully saturated rings. The molecule has 2 amide bonds. The van der Waals surface area contributed by atoms with E-state index in [4.69, 9.17) is 10.1 Å². The molecule has 220 valence electrons. The maximum absolute atomic E-state index is 12.9. The van der Waals surface area contributed by atoms with E-state index in [1.165, 1.54) is 11.9 Å². The highest BCUT2D eigenvalue weighted by molar-refractivity contribution is 7.89. The largest absolute Gasteiger partial charge is 0.356 e. The molecule has 0 aromatic heterocycles. The first-order valence-corrected chi connectivity index (χ1v) is 14.7. The third kappa shape index (κ3) is 6.49. The van der Waals surface area contributed by atoms with E-state index in [0.29, 0.717) is 32.2 Å². The lowest BCUT2D eigenvalue weighted by atomic mass is 9.70. The summed E-state index contributed by atoms with van der Waals surface area (Å²) in [6, 6.07) is -0.594. The summed E-state index contributed by atoms with van der Waals surface area (Å²) in [4.78, 5) is 51.2. The number of rotatable bonds is 11. The molecule has 0 spiro atoms. The number of ketones is 1. The van der Waals surface area contributed by atoms with Gasteiger partial charge in [0.05, 0.1) is 24.9 Å². The zero-order valence-corrected chi connectivity index (χ0v) is 23.6. The summed E-state index contributed by atoms with van der Waals surface area (Å²) in [7, 11) is -2.58. The van der Waals surface area contributed by atoms with Gasteiger partial charge in [-0.25, -0.2) is 23.3 Å². The molecule has 3 rings (SSSR count). The van der Waals surface area contributed by atoms with Crippen molar-refractivity contribution in [2.45, 2.75) is 65.1 Å². The first-order valence-electron chi connectivity index (χ1n) is 13.1. The maximum atomic E-state index is 12.9. The minimum atomic E-state index is -3.94. The molecule has 39 heavy (non-hydrogen) atoms. The summed E-state index contributed by atoms with van der Waals surface area (Å²) < 4.78 is 33.7. The smallest absolute Gasteiger partial charge is 0.256 e. The predicted octanol–water partition coefficient (Wildman–Crippen LogP) is -0.581. The van der Waals surface area contributed by atoms with Crippen LogP contribution in [0.1, 0.15) is 52.9 Å². The lowest BCUT2D eigenvalue weighted by molar-refractivity contribution is -0.527. The van der Waals surface area contributed by atoms with E-state index in [1.807, 2.05) is 13.8 Å². The number of nitrogens with zero attached hydrogens (tertiary/aromatic N) is 3. The van der Waals surface area contributed by atoms with Crippen LogP contribution in [0.3, 0.4) is 0 Å². The molecule has 0 aromatic carbocycles. The summed E-state index contributed by atoms with van der Waals surface area (Å²) in [5.41, 5.74) is 0.420. The van der Waals surface area contributed by atoms with Crippen LogP contribution in [-0.2, 0) is 29.1 Å². The molecule has 4 atom stereocenters. The number of sulfonamides is 1. The van der Waals surface area contributed by atoms with Gasteiger partial charge in [0.1, 0.15) is 5.78 Å². The molecule has 1 saturated heterocycles. The Kier molecular flexibility index (Phi) is 9.22. The van der Waals surface area contributed by atoms with Crippen molar-refractivity contribution in [3.8, 4) is 0 Å². The number of fused-ring (bicyclic) bond motifs is 2. The number of hydrazine groups is 1. The maximum Gasteiger partial charge on any atom is 0.256 e. The Bertz CT molecular complexity index is 1110. The van der Waals surface area contributed by atoms with Gasteiger partial charge in [0.15, 0.2) is 11.3 Å². The van der Waals surface area contributed by atoms with E-state index < -0.39 is 62.5 Å².